The van der Waals surface area contributed by atoms with Gasteiger partial charge in [0, 0.05) is 10.8 Å². The standard InChI is InChI=1S/C20H22F2O3/c1-3-5-6-7-12-24-16-11-9-14-13-8-10-15(23-4-2)17(21)19(13)25-20(14)18(16)22/h8-11H,3-7,12H2,1-2H3. The third kappa shape index (κ3) is 3.41. The van der Waals surface area contributed by atoms with Gasteiger partial charge in [0.25, 0.3) is 0 Å². The van der Waals surface area contributed by atoms with Crippen molar-refractivity contribution in [3.8, 4) is 11.5 Å². The molecule has 0 saturated heterocycles. The first-order chi connectivity index (χ1) is 12.2. The Labute approximate surface area is 145 Å². The van der Waals surface area contributed by atoms with Crippen molar-refractivity contribution in [2.45, 2.75) is 39.5 Å². The predicted molar refractivity (Wildman–Crippen MR) is 94.4 cm³/mol. The Balaban J connectivity index is 1.92. The monoisotopic (exact) mass is 348 g/mol. The molecular formula is C20H22F2O3. The number of hydrogen-bond acceptors (Lipinski definition) is 3. The van der Waals surface area contributed by atoms with Crippen LogP contribution in [0.2, 0.25) is 0 Å². The van der Waals surface area contributed by atoms with E-state index in [1.165, 1.54) is 6.07 Å². The molecule has 1 aromatic heterocycles. The molecule has 5 heteroatoms. The van der Waals surface area contributed by atoms with E-state index in [1.807, 2.05) is 0 Å². The van der Waals surface area contributed by atoms with E-state index in [-0.39, 0.29) is 22.7 Å². The molecule has 25 heavy (non-hydrogen) atoms. The quantitative estimate of drug-likeness (QED) is 0.453. The van der Waals surface area contributed by atoms with Crippen molar-refractivity contribution in [2.75, 3.05) is 13.2 Å². The van der Waals surface area contributed by atoms with Crippen molar-refractivity contribution in [3.05, 3.63) is 35.9 Å². The second kappa shape index (κ2) is 7.72. The zero-order chi connectivity index (χ0) is 17.8. The van der Waals surface area contributed by atoms with Crippen LogP contribution in [0.25, 0.3) is 21.9 Å². The summed E-state index contributed by atoms with van der Waals surface area (Å²) in [6.07, 6.45) is 4.19. The maximum Gasteiger partial charge on any atom is 0.208 e. The second-order valence-corrected chi connectivity index (χ2v) is 5.95. The van der Waals surface area contributed by atoms with Gasteiger partial charge in [-0.2, -0.15) is 8.78 Å². The Morgan fingerprint density at radius 3 is 1.96 bits per heavy atom. The zero-order valence-corrected chi connectivity index (χ0v) is 14.5. The number of furan rings is 1. The molecule has 0 spiro atoms. The fraction of sp³-hybridized carbons (Fsp3) is 0.400. The molecule has 0 fully saturated rings. The average Bonchev–Trinajstić information content (AvgIpc) is 2.99. The third-order valence-corrected chi connectivity index (χ3v) is 4.17. The van der Waals surface area contributed by atoms with Gasteiger partial charge in [-0.3, -0.25) is 0 Å². The Hall–Kier alpha value is -2.30. The first-order valence-corrected chi connectivity index (χ1v) is 8.76. The Morgan fingerprint density at radius 2 is 1.40 bits per heavy atom. The number of unbranched alkanes of at least 4 members (excludes halogenated alkanes) is 3. The molecule has 0 N–H and O–H groups in total. The highest BCUT2D eigenvalue weighted by Crippen LogP contribution is 2.37. The van der Waals surface area contributed by atoms with Gasteiger partial charge in [-0.05, 0) is 37.6 Å². The van der Waals surface area contributed by atoms with Gasteiger partial charge < -0.3 is 13.9 Å². The number of ether oxygens (including phenoxy) is 2. The van der Waals surface area contributed by atoms with Gasteiger partial charge in [0.15, 0.2) is 22.7 Å². The van der Waals surface area contributed by atoms with Gasteiger partial charge in [0.1, 0.15) is 0 Å². The summed E-state index contributed by atoms with van der Waals surface area (Å²) >= 11 is 0. The van der Waals surface area contributed by atoms with Gasteiger partial charge in [0.2, 0.25) is 11.6 Å². The topological polar surface area (TPSA) is 31.6 Å². The minimum atomic E-state index is -0.614. The van der Waals surface area contributed by atoms with E-state index in [0.717, 1.165) is 25.7 Å². The second-order valence-electron chi connectivity index (χ2n) is 5.95. The summed E-state index contributed by atoms with van der Waals surface area (Å²) in [6, 6.07) is 6.48. The summed E-state index contributed by atoms with van der Waals surface area (Å²) in [5, 5.41) is 1.04. The molecule has 0 aliphatic carbocycles. The third-order valence-electron chi connectivity index (χ3n) is 4.17. The maximum atomic E-state index is 14.7. The Morgan fingerprint density at radius 1 is 0.800 bits per heavy atom. The molecule has 0 radical (unpaired) electrons. The molecule has 2 aromatic carbocycles. The van der Waals surface area contributed by atoms with Crippen molar-refractivity contribution >= 4 is 21.9 Å². The van der Waals surface area contributed by atoms with Crippen LogP contribution in [0.15, 0.2) is 28.7 Å². The molecule has 0 aliphatic heterocycles. The summed E-state index contributed by atoms with van der Waals surface area (Å²) in [4.78, 5) is 0. The summed E-state index contributed by atoms with van der Waals surface area (Å²) in [6.45, 7) is 4.69. The normalized spacial score (nSPS) is 11.4. The molecule has 0 saturated carbocycles. The highest BCUT2D eigenvalue weighted by molar-refractivity contribution is 6.06. The fourth-order valence-electron chi connectivity index (χ4n) is 2.89. The zero-order valence-electron chi connectivity index (χ0n) is 14.5. The molecule has 0 aliphatic rings. The van der Waals surface area contributed by atoms with Crippen LogP contribution in [0.1, 0.15) is 39.5 Å². The first kappa shape index (κ1) is 17.5. The van der Waals surface area contributed by atoms with Gasteiger partial charge >= 0.3 is 0 Å². The number of fused-ring (bicyclic) bond motifs is 3. The summed E-state index contributed by atoms with van der Waals surface area (Å²) < 4.78 is 45.4. The molecule has 0 amide bonds. The molecule has 1 heterocycles. The number of benzene rings is 2. The van der Waals surface area contributed by atoms with E-state index in [9.17, 15) is 8.78 Å². The smallest absolute Gasteiger partial charge is 0.208 e. The van der Waals surface area contributed by atoms with Gasteiger partial charge in [-0.1, -0.05) is 26.2 Å². The fourth-order valence-corrected chi connectivity index (χ4v) is 2.89. The largest absolute Gasteiger partial charge is 0.491 e. The van der Waals surface area contributed by atoms with Gasteiger partial charge in [0.05, 0.1) is 13.2 Å². The minimum Gasteiger partial charge on any atom is -0.491 e. The van der Waals surface area contributed by atoms with E-state index >= 15 is 0 Å². The lowest BCUT2D eigenvalue weighted by Gasteiger charge is -2.07. The van der Waals surface area contributed by atoms with Gasteiger partial charge in [-0.25, -0.2) is 0 Å². The van der Waals surface area contributed by atoms with Crippen molar-refractivity contribution in [1.82, 2.24) is 0 Å². The number of halogens is 2. The van der Waals surface area contributed by atoms with Crippen molar-refractivity contribution in [2.24, 2.45) is 0 Å². The van der Waals surface area contributed by atoms with Crippen LogP contribution in [-0.4, -0.2) is 13.2 Å². The van der Waals surface area contributed by atoms with Crippen molar-refractivity contribution in [1.29, 1.82) is 0 Å². The van der Waals surface area contributed by atoms with Crippen LogP contribution < -0.4 is 9.47 Å². The lowest BCUT2D eigenvalue weighted by Crippen LogP contribution is -1.99. The molecule has 0 unspecified atom stereocenters. The predicted octanol–water partition coefficient (Wildman–Crippen LogP) is 6.22. The summed E-state index contributed by atoms with van der Waals surface area (Å²) in [7, 11) is 0. The highest BCUT2D eigenvalue weighted by atomic mass is 19.1. The lowest BCUT2D eigenvalue weighted by atomic mass is 10.1. The lowest BCUT2D eigenvalue weighted by molar-refractivity contribution is 0.290. The van der Waals surface area contributed by atoms with Crippen LogP contribution in [-0.2, 0) is 0 Å². The number of rotatable bonds is 8. The molecule has 0 bridgehead atoms. The molecular weight excluding hydrogens is 326 g/mol. The SMILES string of the molecule is CCCCCCOc1ccc2c(oc3c(F)c(OCC)ccc32)c1F. The van der Waals surface area contributed by atoms with Crippen LogP contribution in [0.5, 0.6) is 11.5 Å². The van der Waals surface area contributed by atoms with Gasteiger partial charge in [-0.15, -0.1) is 0 Å². The van der Waals surface area contributed by atoms with Crippen LogP contribution in [0.3, 0.4) is 0 Å². The summed E-state index contributed by atoms with van der Waals surface area (Å²) in [5.74, 6) is -0.978. The van der Waals surface area contributed by atoms with Crippen LogP contribution in [0.4, 0.5) is 8.78 Å². The minimum absolute atomic E-state index is 0.0000502. The van der Waals surface area contributed by atoms with Crippen LogP contribution >= 0.6 is 0 Å². The maximum absolute atomic E-state index is 14.7. The van der Waals surface area contributed by atoms with E-state index in [2.05, 4.69) is 6.92 Å². The molecule has 134 valence electrons. The Bertz CT molecular complexity index is 870. The van der Waals surface area contributed by atoms with E-state index in [4.69, 9.17) is 13.9 Å². The summed E-state index contributed by atoms with van der Waals surface area (Å²) in [5.41, 5.74) is 0.00792. The molecule has 3 aromatic rings. The Kier molecular flexibility index (Phi) is 5.41. The average molecular weight is 348 g/mol. The molecule has 3 nitrogen and oxygen atoms in total. The first-order valence-electron chi connectivity index (χ1n) is 8.76. The van der Waals surface area contributed by atoms with Crippen molar-refractivity contribution < 1.29 is 22.7 Å². The number of hydrogen-bond donors (Lipinski definition) is 0. The van der Waals surface area contributed by atoms with E-state index < -0.39 is 11.6 Å². The molecule has 0 atom stereocenters. The van der Waals surface area contributed by atoms with Crippen molar-refractivity contribution in [3.63, 3.8) is 0 Å². The van der Waals surface area contributed by atoms with Crippen LogP contribution in [0, 0.1) is 11.6 Å². The van der Waals surface area contributed by atoms with E-state index in [1.54, 1.807) is 25.1 Å². The molecule has 3 rings (SSSR count). The highest BCUT2D eigenvalue weighted by Gasteiger charge is 2.19. The van der Waals surface area contributed by atoms with E-state index in [0.29, 0.717) is 24.0 Å².